The van der Waals surface area contributed by atoms with Gasteiger partial charge in [0.25, 0.3) is 0 Å². The molecule has 0 bridgehead atoms. The molecule has 0 amide bonds. The van der Waals surface area contributed by atoms with Gasteiger partial charge in [0.1, 0.15) is 22.8 Å². The van der Waals surface area contributed by atoms with Crippen molar-refractivity contribution in [2.75, 3.05) is 13.2 Å². The molecular weight excluding hydrogens is 456 g/mol. The molecule has 0 saturated heterocycles. The fourth-order valence-electron chi connectivity index (χ4n) is 4.70. The Morgan fingerprint density at radius 1 is 0.595 bits per heavy atom. The fourth-order valence-corrected chi connectivity index (χ4v) is 4.70. The van der Waals surface area contributed by atoms with Crippen LogP contribution in [0.15, 0.2) is 65.1 Å². The lowest BCUT2D eigenvalue weighted by atomic mass is 9.96. The van der Waals surface area contributed by atoms with Crippen LogP contribution in [0.25, 0.3) is 33.4 Å². The van der Waals surface area contributed by atoms with Gasteiger partial charge in [-0.3, -0.25) is 0 Å². The molecule has 1 heterocycles. The molecule has 3 nitrogen and oxygen atoms in total. The molecule has 4 aromatic rings. The Kier molecular flexibility index (Phi) is 9.71. The van der Waals surface area contributed by atoms with E-state index in [0.717, 1.165) is 71.0 Å². The maximum Gasteiger partial charge on any atom is 0.143 e. The number of furan rings is 1. The minimum absolute atomic E-state index is 0.765. The van der Waals surface area contributed by atoms with E-state index in [1.165, 1.54) is 49.7 Å². The first-order chi connectivity index (χ1) is 18.1. The van der Waals surface area contributed by atoms with E-state index in [4.69, 9.17) is 13.9 Å². The highest BCUT2D eigenvalue weighted by Crippen LogP contribution is 2.42. The number of ether oxygens (including phenoxy) is 2. The van der Waals surface area contributed by atoms with Crippen molar-refractivity contribution < 1.29 is 13.9 Å². The van der Waals surface area contributed by atoms with Gasteiger partial charge >= 0.3 is 0 Å². The molecular formula is C34H42O3. The van der Waals surface area contributed by atoms with Crippen LogP contribution in [0.1, 0.15) is 76.3 Å². The minimum atomic E-state index is 0.765. The molecule has 37 heavy (non-hydrogen) atoms. The summed E-state index contributed by atoms with van der Waals surface area (Å²) in [5.41, 5.74) is 6.72. The lowest BCUT2D eigenvalue weighted by Gasteiger charge is -2.09. The highest BCUT2D eigenvalue weighted by Gasteiger charge is 2.19. The Balaban J connectivity index is 1.58. The third-order valence-corrected chi connectivity index (χ3v) is 7.10. The SMILES string of the molecule is CCCCCCOc1ccc(-c2oc3cc(C)c(C)cc3c2-c2ccc(OCCCCCC)cc2)cc1. The second kappa shape index (κ2) is 13.4. The van der Waals surface area contributed by atoms with Crippen LogP contribution in [0.3, 0.4) is 0 Å². The van der Waals surface area contributed by atoms with Crippen molar-refractivity contribution in [1.29, 1.82) is 0 Å². The summed E-state index contributed by atoms with van der Waals surface area (Å²) in [6.45, 7) is 10.3. The van der Waals surface area contributed by atoms with Crippen LogP contribution in [-0.4, -0.2) is 13.2 Å². The van der Waals surface area contributed by atoms with Gasteiger partial charge in [0.15, 0.2) is 0 Å². The highest BCUT2D eigenvalue weighted by molar-refractivity contribution is 6.02. The van der Waals surface area contributed by atoms with Gasteiger partial charge < -0.3 is 13.9 Å². The van der Waals surface area contributed by atoms with Crippen LogP contribution >= 0.6 is 0 Å². The normalized spacial score (nSPS) is 11.2. The summed E-state index contributed by atoms with van der Waals surface area (Å²) in [6.07, 6.45) is 9.65. The second-order valence-electron chi connectivity index (χ2n) is 10.1. The Hall–Kier alpha value is -3.20. The highest BCUT2D eigenvalue weighted by atomic mass is 16.5. The Labute approximate surface area is 222 Å². The third-order valence-electron chi connectivity index (χ3n) is 7.10. The van der Waals surface area contributed by atoms with E-state index in [-0.39, 0.29) is 0 Å². The molecule has 3 heteroatoms. The quantitative estimate of drug-likeness (QED) is 0.162. The summed E-state index contributed by atoms with van der Waals surface area (Å²) in [4.78, 5) is 0. The average molecular weight is 499 g/mol. The van der Waals surface area contributed by atoms with Gasteiger partial charge in [-0.2, -0.15) is 0 Å². The van der Waals surface area contributed by atoms with E-state index >= 15 is 0 Å². The number of aryl methyl sites for hydroxylation is 2. The number of unbranched alkanes of at least 4 members (excludes halogenated alkanes) is 6. The summed E-state index contributed by atoms with van der Waals surface area (Å²) in [7, 11) is 0. The van der Waals surface area contributed by atoms with Crippen LogP contribution in [0.4, 0.5) is 0 Å². The van der Waals surface area contributed by atoms with Gasteiger partial charge in [0.05, 0.1) is 13.2 Å². The molecule has 0 aliphatic carbocycles. The molecule has 0 aliphatic heterocycles. The lowest BCUT2D eigenvalue weighted by Crippen LogP contribution is -1.97. The zero-order valence-electron chi connectivity index (χ0n) is 23.1. The number of hydrogen-bond donors (Lipinski definition) is 0. The van der Waals surface area contributed by atoms with Crippen LogP contribution < -0.4 is 9.47 Å². The van der Waals surface area contributed by atoms with Crippen molar-refractivity contribution >= 4 is 11.0 Å². The van der Waals surface area contributed by atoms with Crippen molar-refractivity contribution in [3.63, 3.8) is 0 Å². The zero-order valence-corrected chi connectivity index (χ0v) is 23.1. The maximum absolute atomic E-state index is 6.50. The lowest BCUT2D eigenvalue weighted by molar-refractivity contribution is 0.305. The Morgan fingerprint density at radius 2 is 1.11 bits per heavy atom. The third kappa shape index (κ3) is 6.97. The number of fused-ring (bicyclic) bond motifs is 1. The van der Waals surface area contributed by atoms with Gasteiger partial charge in [-0.15, -0.1) is 0 Å². The molecule has 0 atom stereocenters. The van der Waals surface area contributed by atoms with E-state index in [1.54, 1.807) is 0 Å². The van der Waals surface area contributed by atoms with Gasteiger partial charge in [-0.05, 0) is 91.9 Å². The smallest absolute Gasteiger partial charge is 0.143 e. The standard InChI is InChI=1S/C34H42O3/c1-5-7-9-11-21-35-29-17-13-27(14-18-29)33-31-23-25(3)26(4)24-32(31)37-34(33)28-15-19-30(20-16-28)36-22-12-10-8-6-2/h13-20,23-24H,5-12,21-22H2,1-4H3. The van der Waals surface area contributed by atoms with Crippen LogP contribution in [-0.2, 0) is 0 Å². The van der Waals surface area contributed by atoms with Crippen LogP contribution in [0.2, 0.25) is 0 Å². The molecule has 3 aromatic carbocycles. The van der Waals surface area contributed by atoms with E-state index in [0.29, 0.717) is 0 Å². The Morgan fingerprint density at radius 3 is 1.65 bits per heavy atom. The van der Waals surface area contributed by atoms with Crippen molar-refractivity contribution in [3.05, 3.63) is 71.8 Å². The zero-order chi connectivity index (χ0) is 26.0. The number of hydrogen-bond acceptors (Lipinski definition) is 3. The van der Waals surface area contributed by atoms with Crippen molar-refractivity contribution in [2.24, 2.45) is 0 Å². The Bertz CT molecular complexity index is 1250. The predicted molar refractivity (Wildman–Crippen MR) is 156 cm³/mol. The largest absolute Gasteiger partial charge is 0.494 e. The molecule has 0 spiro atoms. The summed E-state index contributed by atoms with van der Waals surface area (Å²) in [5, 5.41) is 1.14. The van der Waals surface area contributed by atoms with Gasteiger partial charge in [0, 0.05) is 16.5 Å². The van der Waals surface area contributed by atoms with Crippen LogP contribution in [0.5, 0.6) is 11.5 Å². The monoisotopic (exact) mass is 498 g/mol. The molecule has 0 N–H and O–H groups in total. The second-order valence-corrected chi connectivity index (χ2v) is 10.1. The fraction of sp³-hybridized carbons (Fsp3) is 0.412. The van der Waals surface area contributed by atoms with E-state index in [9.17, 15) is 0 Å². The summed E-state index contributed by atoms with van der Waals surface area (Å²) < 4.78 is 18.5. The first-order valence-electron chi connectivity index (χ1n) is 14.1. The molecule has 0 unspecified atom stereocenters. The average Bonchev–Trinajstić information content (AvgIpc) is 3.27. The maximum atomic E-state index is 6.50. The molecule has 0 aliphatic rings. The molecule has 0 saturated carbocycles. The topological polar surface area (TPSA) is 31.6 Å². The van der Waals surface area contributed by atoms with Crippen molar-refractivity contribution in [2.45, 2.75) is 79.1 Å². The first kappa shape index (κ1) is 26.9. The summed E-state index contributed by atoms with van der Waals surface area (Å²) >= 11 is 0. The van der Waals surface area contributed by atoms with Gasteiger partial charge in [0.2, 0.25) is 0 Å². The first-order valence-corrected chi connectivity index (χ1v) is 14.1. The molecule has 196 valence electrons. The van der Waals surface area contributed by atoms with Gasteiger partial charge in [-0.25, -0.2) is 0 Å². The molecule has 1 aromatic heterocycles. The summed E-state index contributed by atoms with van der Waals surface area (Å²) in [6, 6.07) is 21.2. The van der Waals surface area contributed by atoms with E-state index in [2.05, 4.69) is 88.4 Å². The number of rotatable bonds is 14. The molecule has 4 rings (SSSR count). The van der Waals surface area contributed by atoms with Gasteiger partial charge in [-0.1, -0.05) is 64.5 Å². The number of benzene rings is 3. The van der Waals surface area contributed by atoms with Crippen LogP contribution in [0, 0.1) is 13.8 Å². The van der Waals surface area contributed by atoms with E-state index < -0.39 is 0 Å². The molecule has 0 radical (unpaired) electrons. The minimum Gasteiger partial charge on any atom is -0.494 e. The predicted octanol–water partition coefficient (Wildman–Crippen LogP) is 10.3. The van der Waals surface area contributed by atoms with E-state index in [1.807, 2.05) is 0 Å². The van der Waals surface area contributed by atoms with Crippen molar-refractivity contribution in [3.8, 4) is 33.9 Å². The summed E-state index contributed by atoms with van der Waals surface area (Å²) in [5.74, 6) is 2.72. The molecule has 0 fully saturated rings. The van der Waals surface area contributed by atoms with Crippen molar-refractivity contribution in [1.82, 2.24) is 0 Å².